The van der Waals surface area contributed by atoms with Crippen molar-refractivity contribution in [3.63, 3.8) is 0 Å². The molecule has 0 amide bonds. The Balaban J connectivity index is 2.76. The van der Waals surface area contributed by atoms with Crippen molar-refractivity contribution in [1.82, 2.24) is 0 Å². The van der Waals surface area contributed by atoms with Crippen molar-refractivity contribution in [3.05, 3.63) is 24.3 Å². The molecular weight excluding hydrogens is 210 g/mol. The lowest BCUT2D eigenvalue weighted by Gasteiger charge is -2.27. The number of thioether (sulfide) groups is 1. The maximum absolute atomic E-state index is 9.05. The molecule has 2 N–H and O–H groups in total. The summed E-state index contributed by atoms with van der Waals surface area (Å²) < 4.78 is 0. The van der Waals surface area contributed by atoms with E-state index in [4.69, 9.17) is 10.2 Å². The average Bonchev–Trinajstić information content (AvgIpc) is 2.30. The van der Waals surface area contributed by atoms with Crippen molar-refractivity contribution < 1.29 is 10.2 Å². The molecule has 0 heterocycles. The molecule has 84 valence electrons. The van der Waals surface area contributed by atoms with Crippen LogP contribution in [0.4, 0.5) is 5.69 Å². The first-order valence-electron chi connectivity index (χ1n) is 4.81. The summed E-state index contributed by atoms with van der Waals surface area (Å²) in [4.78, 5) is 3.08. The number of rotatable bonds is 5. The van der Waals surface area contributed by atoms with E-state index in [1.165, 1.54) is 4.90 Å². The van der Waals surface area contributed by atoms with Crippen LogP contribution in [0, 0.1) is 0 Å². The highest BCUT2D eigenvalue weighted by Gasteiger charge is 2.12. The lowest BCUT2D eigenvalue weighted by atomic mass is 10.2. The second-order valence-electron chi connectivity index (χ2n) is 3.33. The van der Waals surface area contributed by atoms with E-state index in [9.17, 15) is 0 Å². The van der Waals surface area contributed by atoms with E-state index in [1.807, 2.05) is 42.5 Å². The highest BCUT2D eigenvalue weighted by atomic mass is 32.2. The predicted octanol–water partition coefficient (Wildman–Crippen LogP) is 1.20. The minimum absolute atomic E-state index is 0.0444. The van der Waals surface area contributed by atoms with Crippen LogP contribution in [0.25, 0.3) is 0 Å². The Kier molecular flexibility index (Phi) is 4.94. The van der Waals surface area contributed by atoms with Crippen LogP contribution in [0.15, 0.2) is 29.2 Å². The van der Waals surface area contributed by atoms with Crippen LogP contribution in [0.3, 0.4) is 0 Å². The molecule has 0 fully saturated rings. The Labute approximate surface area is 94.7 Å². The van der Waals surface area contributed by atoms with Crippen molar-refractivity contribution in [2.75, 3.05) is 31.4 Å². The zero-order valence-corrected chi connectivity index (χ0v) is 9.87. The number of anilines is 1. The number of aliphatic hydroxyl groups is 2. The first kappa shape index (κ1) is 12.4. The molecule has 3 nitrogen and oxygen atoms in total. The third-order valence-corrected chi connectivity index (χ3v) is 3.19. The summed E-state index contributed by atoms with van der Waals surface area (Å²) in [6, 6.07) is 7.81. The summed E-state index contributed by atoms with van der Waals surface area (Å²) in [6.07, 6.45) is 2.03. The molecule has 0 saturated heterocycles. The average molecular weight is 227 g/mol. The molecule has 1 aromatic rings. The maximum atomic E-state index is 9.05. The third kappa shape index (κ3) is 3.12. The van der Waals surface area contributed by atoms with E-state index in [2.05, 4.69) is 0 Å². The summed E-state index contributed by atoms with van der Waals surface area (Å²) in [5.74, 6) is 0. The van der Waals surface area contributed by atoms with E-state index >= 15 is 0 Å². The van der Waals surface area contributed by atoms with Crippen molar-refractivity contribution in [3.8, 4) is 0 Å². The van der Waals surface area contributed by atoms with Gasteiger partial charge < -0.3 is 15.1 Å². The van der Waals surface area contributed by atoms with Crippen LogP contribution in [-0.4, -0.2) is 42.8 Å². The molecule has 0 aliphatic rings. The van der Waals surface area contributed by atoms with Gasteiger partial charge in [0.25, 0.3) is 0 Å². The van der Waals surface area contributed by atoms with Crippen LogP contribution in [0.5, 0.6) is 0 Å². The Hall–Kier alpha value is -0.710. The SMILES string of the molecule is CSc1ccc(N(C)C(CO)CO)cc1. The van der Waals surface area contributed by atoms with Gasteiger partial charge in [0, 0.05) is 17.6 Å². The minimum Gasteiger partial charge on any atom is -0.394 e. The minimum atomic E-state index is -0.231. The summed E-state index contributed by atoms with van der Waals surface area (Å²) in [6.45, 7) is -0.0887. The van der Waals surface area contributed by atoms with Gasteiger partial charge in [-0.25, -0.2) is 0 Å². The summed E-state index contributed by atoms with van der Waals surface area (Å²) >= 11 is 1.69. The fourth-order valence-electron chi connectivity index (χ4n) is 1.33. The number of likely N-dealkylation sites (N-methyl/N-ethyl adjacent to an activating group) is 1. The van der Waals surface area contributed by atoms with Gasteiger partial charge in [0.05, 0.1) is 19.3 Å². The molecule has 0 aromatic heterocycles. The molecule has 0 aliphatic carbocycles. The van der Waals surface area contributed by atoms with Gasteiger partial charge in [-0.15, -0.1) is 11.8 Å². The summed E-state index contributed by atoms with van der Waals surface area (Å²) in [5.41, 5.74) is 1.00. The quantitative estimate of drug-likeness (QED) is 0.742. The van der Waals surface area contributed by atoms with Gasteiger partial charge in [0.15, 0.2) is 0 Å². The molecule has 1 rings (SSSR count). The summed E-state index contributed by atoms with van der Waals surface area (Å²) in [5, 5.41) is 18.1. The molecule has 0 atom stereocenters. The van der Waals surface area contributed by atoms with Gasteiger partial charge in [0.1, 0.15) is 0 Å². The topological polar surface area (TPSA) is 43.7 Å². The molecule has 0 spiro atoms. The fraction of sp³-hybridized carbons (Fsp3) is 0.455. The normalized spacial score (nSPS) is 10.7. The lowest BCUT2D eigenvalue weighted by molar-refractivity contribution is 0.191. The Morgan fingerprint density at radius 1 is 1.20 bits per heavy atom. The van der Waals surface area contributed by atoms with E-state index < -0.39 is 0 Å². The smallest absolute Gasteiger partial charge is 0.0748 e. The Morgan fingerprint density at radius 3 is 2.13 bits per heavy atom. The molecule has 0 bridgehead atoms. The second kappa shape index (κ2) is 6.00. The number of hydrogen-bond donors (Lipinski definition) is 2. The van der Waals surface area contributed by atoms with E-state index in [0.29, 0.717) is 0 Å². The van der Waals surface area contributed by atoms with Crippen LogP contribution in [0.1, 0.15) is 0 Å². The second-order valence-corrected chi connectivity index (χ2v) is 4.21. The standard InChI is InChI=1S/C11H17NO2S/c1-12(10(7-13)8-14)9-3-5-11(15-2)6-4-9/h3-6,10,13-14H,7-8H2,1-2H3. The van der Waals surface area contributed by atoms with Crippen molar-refractivity contribution in [1.29, 1.82) is 0 Å². The van der Waals surface area contributed by atoms with Gasteiger partial charge >= 0.3 is 0 Å². The molecule has 0 unspecified atom stereocenters. The van der Waals surface area contributed by atoms with Crippen LogP contribution < -0.4 is 4.90 Å². The highest BCUT2D eigenvalue weighted by molar-refractivity contribution is 7.98. The lowest BCUT2D eigenvalue weighted by Crippen LogP contribution is -2.37. The van der Waals surface area contributed by atoms with E-state index in [1.54, 1.807) is 11.8 Å². The first-order valence-corrected chi connectivity index (χ1v) is 6.04. The van der Waals surface area contributed by atoms with Crippen LogP contribution >= 0.6 is 11.8 Å². The van der Waals surface area contributed by atoms with E-state index in [-0.39, 0.29) is 19.3 Å². The monoisotopic (exact) mass is 227 g/mol. The number of benzene rings is 1. The fourth-order valence-corrected chi connectivity index (χ4v) is 1.74. The van der Waals surface area contributed by atoms with Crippen LogP contribution in [-0.2, 0) is 0 Å². The van der Waals surface area contributed by atoms with Crippen molar-refractivity contribution >= 4 is 17.4 Å². The predicted molar refractivity (Wildman–Crippen MR) is 64.6 cm³/mol. The molecule has 0 saturated carbocycles. The number of hydrogen-bond acceptors (Lipinski definition) is 4. The summed E-state index contributed by atoms with van der Waals surface area (Å²) in [7, 11) is 1.87. The number of nitrogens with zero attached hydrogens (tertiary/aromatic N) is 1. The zero-order chi connectivity index (χ0) is 11.3. The maximum Gasteiger partial charge on any atom is 0.0748 e. The molecular formula is C11H17NO2S. The molecule has 0 radical (unpaired) electrons. The molecule has 4 heteroatoms. The third-order valence-electron chi connectivity index (χ3n) is 2.45. The molecule has 0 aliphatic heterocycles. The Morgan fingerprint density at radius 2 is 1.73 bits per heavy atom. The van der Waals surface area contributed by atoms with Crippen molar-refractivity contribution in [2.24, 2.45) is 0 Å². The van der Waals surface area contributed by atoms with Crippen molar-refractivity contribution in [2.45, 2.75) is 10.9 Å². The Bertz CT molecular complexity index is 285. The van der Waals surface area contributed by atoms with E-state index in [0.717, 1.165) is 5.69 Å². The zero-order valence-electron chi connectivity index (χ0n) is 9.05. The largest absolute Gasteiger partial charge is 0.394 e. The first-order chi connectivity index (χ1) is 7.22. The molecule has 15 heavy (non-hydrogen) atoms. The van der Waals surface area contributed by atoms with Gasteiger partial charge in [0.2, 0.25) is 0 Å². The van der Waals surface area contributed by atoms with Gasteiger partial charge in [-0.1, -0.05) is 0 Å². The highest BCUT2D eigenvalue weighted by Crippen LogP contribution is 2.20. The number of aliphatic hydroxyl groups excluding tert-OH is 2. The van der Waals surface area contributed by atoms with Crippen LogP contribution in [0.2, 0.25) is 0 Å². The van der Waals surface area contributed by atoms with Gasteiger partial charge in [-0.05, 0) is 30.5 Å². The van der Waals surface area contributed by atoms with Gasteiger partial charge in [-0.3, -0.25) is 0 Å². The van der Waals surface area contributed by atoms with Gasteiger partial charge in [-0.2, -0.15) is 0 Å². The molecule has 1 aromatic carbocycles.